The third-order valence-electron chi connectivity index (χ3n) is 4.76. The first-order chi connectivity index (χ1) is 12.8. The van der Waals surface area contributed by atoms with Crippen molar-refractivity contribution in [3.05, 3.63) is 72.4 Å². The second-order valence-electron chi connectivity index (χ2n) is 7.74. The summed E-state index contributed by atoms with van der Waals surface area (Å²) >= 11 is 0. The highest BCUT2D eigenvalue weighted by molar-refractivity contribution is 6.99. The van der Waals surface area contributed by atoms with E-state index >= 15 is 0 Å². The minimum absolute atomic E-state index is 0. The van der Waals surface area contributed by atoms with Crippen molar-refractivity contribution < 1.29 is 8.84 Å². The SMILES string of the molecule is Cc1nnc(C(N)CO[Si](c2ccccc2)(c2ccccc2)C(C)(C)C)o1.Cl. The number of hydrogen-bond acceptors (Lipinski definition) is 5. The molecule has 1 atom stereocenters. The van der Waals surface area contributed by atoms with E-state index < -0.39 is 14.4 Å². The maximum atomic E-state index is 6.78. The summed E-state index contributed by atoms with van der Waals surface area (Å²) in [6, 6.07) is 20.5. The van der Waals surface area contributed by atoms with Crippen LogP contribution in [0.25, 0.3) is 0 Å². The van der Waals surface area contributed by atoms with Gasteiger partial charge in [0.25, 0.3) is 8.32 Å². The average molecular weight is 418 g/mol. The number of hydrogen-bond donors (Lipinski definition) is 1. The van der Waals surface area contributed by atoms with Crippen LogP contribution in [-0.2, 0) is 4.43 Å². The summed E-state index contributed by atoms with van der Waals surface area (Å²) in [6.45, 7) is 8.78. The standard InChI is InChI=1S/C21H27N3O2Si.ClH/c1-16-23-24-20(26-16)19(22)15-25-27(21(2,3)4,17-11-7-5-8-12-17)18-13-9-6-10-14-18;/h5-14,19H,15,22H2,1-4H3;1H. The van der Waals surface area contributed by atoms with Crippen LogP contribution in [0.5, 0.6) is 0 Å². The Balaban J connectivity index is 0.00000280. The molecule has 1 aromatic heterocycles. The first kappa shape index (κ1) is 22.3. The number of nitrogens with two attached hydrogens (primary N) is 1. The largest absolute Gasteiger partial charge is 0.424 e. The Bertz CT molecular complexity index is 827. The zero-order chi connectivity index (χ0) is 19.5. The molecule has 0 aliphatic heterocycles. The summed E-state index contributed by atoms with van der Waals surface area (Å²) < 4.78 is 12.3. The van der Waals surface area contributed by atoms with Gasteiger partial charge < -0.3 is 14.6 Å². The van der Waals surface area contributed by atoms with Gasteiger partial charge in [-0.15, -0.1) is 22.6 Å². The Morgan fingerprint density at radius 1 is 0.964 bits per heavy atom. The van der Waals surface area contributed by atoms with Crippen LogP contribution in [0.3, 0.4) is 0 Å². The Labute approximate surface area is 173 Å². The molecule has 0 fully saturated rings. The molecule has 0 aliphatic carbocycles. The van der Waals surface area contributed by atoms with Crippen LogP contribution in [0, 0.1) is 6.92 Å². The van der Waals surface area contributed by atoms with E-state index in [0.717, 1.165) is 0 Å². The van der Waals surface area contributed by atoms with Crippen LogP contribution in [0.15, 0.2) is 65.1 Å². The molecule has 3 rings (SSSR count). The fourth-order valence-corrected chi connectivity index (χ4v) is 8.09. The number of halogens is 1. The van der Waals surface area contributed by atoms with Gasteiger partial charge in [-0.2, -0.15) is 0 Å². The molecular weight excluding hydrogens is 390 g/mol. The third kappa shape index (κ3) is 4.36. The highest BCUT2D eigenvalue weighted by Gasteiger charge is 2.50. The Kier molecular flexibility index (Phi) is 7.17. The van der Waals surface area contributed by atoms with Crippen molar-refractivity contribution in [2.75, 3.05) is 6.61 Å². The van der Waals surface area contributed by atoms with E-state index in [0.29, 0.717) is 18.4 Å². The number of rotatable bonds is 6. The number of benzene rings is 2. The van der Waals surface area contributed by atoms with Crippen molar-refractivity contribution in [1.82, 2.24) is 10.2 Å². The summed E-state index contributed by atoms with van der Waals surface area (Å²) in [5.41, 5.74) is 6.32. The Hall–Kier alpha value is -1.99. The summed E-state index contributed by atoms with van der Waals surface area (Å²) in [7, 11) is -2.61. The molecule has 3 aromatic rings. The van der Waals surface area contributed by atoms with Crippen molar-refractivity contribution in [3.8, 4) is 0 Å². The first-order valence-corrected chi connectivity index (χ1v) is 11.1. The lowest BCUT2D eigenvalue weighted by Gasteiger charge is -2.43. The summed E-state index contributed by atoms with van der Waals surface area (Å²) in [6.07, 6.45) is 0. The van der Waals surface area contributed by atoms with Crippen molar-refractivity contribution in [3.63, 3.8) is 0 Å². The number of nitrogens with zero attached hydrogens (tertiary/aromatic N) is 2. The second-order valence-corrected chi connectivity index (χ2v) is 12.0. The molecule has 1 heterocycles. The molecule has 28 heavy (non-hydrogen) atoms. The van der Waals surface area contributed by atoms with Gasteiger partial charge in [0.1, 0.15) is 6.04 Å². The lowest BCUT2D eigenvalue weighted by Crippen LogP contribution is -2.67. The summed E-state index contributed by atoms with van der Waals surface area (Å²) in [5, 5.41) is 10.3. The van der Waals surface area contributed by atoms with Crippen LogP contribution in [0.1, 0.15) is 38.6 Å². The molecule has 1 unspecified atom stereocenters. The quantitative estimate of drug-likeness (QED) is 0.622. The van der Waals surface area contributed by atoms with Gasteiger partial charge in [0.2, 0.25) is 11.8 Å². The van der Waals surface area contributed by atoms with E-state index in [4.69, 9.17) is 14.6 Å². The van der Waals surface area contributed by atoms with Gasteiger partial charge in [0, 0.05) is 6.92 Å². The van der Waals surface area contributed by atoms with Crippen LogP contribution < -0.4 is 16.1 Å². The normalized spacial score (nSPS) is 13.0. The number of aromatic nitrogens is 2. The predicted molar refractivity (Wildman–Crippen MR) is 117 cm³/mol. The first-order valence-electron chi connectivity index (χ1n) is 9.15. The Morgan fingerprint density at radius 2 is 1.46 bits per heavy atom. The number of aryl methyl sites for hydroxylation is 1. The average Bonchev–Trinajstić information content (AvgIpc) is 3.09. The molecule has 150 valence electrons. The molecule has 2 N–H and O–H groups in total. The molecule has 0 saturated carbocycles. The van der Waals surface area contributed by atoms with Crippen LogP contribution in [-0.4, -0.2) is 25.1 Å². The molecule has 0 radical (unpaired) electrons. The maximum absolute atomic E-state index is 6.78. The molecule has 0 saturated heterocycles. The molecule has 7 heteroatoms. The zero-order valence-electron chi connectivity index (χ0n) is 16.8. The van der Waals surface area contributed by atoms with Crippen LogP contribution in [0.2, 0.25) is 5.04 Å². The Morgan fingerprint density at radius 3 is 1.86 bits per heavy atom. The van der Waals surface area contributed by atoms with Crippen molar-refractivity contribution in [2.45, 2.75) is 38.8 Å². The molecule has 0 bridgehead atoms. The van der Waals surface area contributed by atoms with E-state index in [-0.39, 0.29) is 17.4 Å². The molecule has 2 aromatic carbocycles. The van der Waals surface area contributed by atoms with Crippen LogP contribution >= 0.6 is 12.4 Å². The van der Waals surface area contributed by atoms with Gasteiger partial charge in [0.15, 0.2) is 0 Å². The maximum Gasteiger partial charge on any atom is 0.261 e. The van der Waals surface area contributed by atoms with E-state index in [1.807, 2.05) is 12.1 Å². The third-order valence-corrected chi connectivity index (χ3v) is 9.76. The van der Waals surface area contributed by atoms with E-state index in [2.05, 4.69) is 79.5 Å². The zero-order valence-corrected chi connectivity index (χ0v) is 18.6. The second kappa shape index (κ2) is 9.00. The molecule has 0 amide bonds. The van der Waals surface area contributed by atoms with Gasteiger partial charge in [-0.1, -0.05) is 81.4 Å². The minimum Gasteiger partial charge on any atom is -0.424 e. The predicted octanol–water partition coefficient (Wildman–Crippen LogP) is 3.38. The summed E-state index contributed by atoms with van der Waals surface area (Å²) in [4.78, 5) is 0. The minimum atomic E-state index is -2.61. The lowest BCUT2D eigenvalue weighted by atomic mass is 10.2. The molecule has 0 aliphatic rings. The van der Waals surface area contributed by atoms with E-state index in [1.54, 1.807) is 6.92 Å². The van der Waals surface area contributed by atoms with E-state index in [1.165, 1.54) is 10.4 Å². The monoisotopic (exact) mass is 417 g/mol. The van der Waals surface area contributed by atoms with E-state index in [9.17, 15) is 0 Å². The van der Waals surface area contributed by atoms with Gasteiger partial charge in [-0.25, -0.2) is 0 Å². The van der Waals surface area contributed by atoms with Crippen molar-refractivity contribution in [1.29, 1.82) is 0 Å². The highest BCUT2D eigenvalue weighted by atomic mass is 35.5. The fourth-order valence-electron chi connectivity index (χ4n) is 3.51. The van der Waals surface area contributed by atoms with Crippen LogP contribution in [0.4, 0.5) is 0 Å². The van der Waals surface area contributed by atoms with Gasteiger partial charge in [-0.05, 0) is 15.4 Å². The van der Waals surface area contributed by atoms with Gasteiger partial charge >= 0.3 is 0 Å². The van der Waals surface area contributed by atoms with Gasteiger partial charge in [0.05, 0.1) is 6.61 Å². The lowest BCUT2D eigenvalue weighted by molar-refractivity contribution is 0.253. The highest BCUT2D eigenvalue weighted by Crippen LogP contribution is 2.37. The van der Waals surface area contributed by atoms with Gasteiger partial charge in [-0.3, -0.25) is 0 Å². The molecular formula is C21H28ClN3O2Si. The molecule has 5 nitrogen and oxygen atoms in total. The topological polar surface area (TPSA) is 74.2 Å². The summed E-state index contributed by atoms with van der Waals surface area (Å²) in [5.74, 6) is 0.913. The van der Waals surface area contributed by atoms with Crippen molar-refractivity contribution in [2.24, 2.45) is 5.73 Å². The van der Waals surface area contributed by atoms with Crippen molar-refractivity contribution >= 4 is 31.1 Å². The fraction of sp³-hybridized carbons (Fsp3) is 0.333. The smallest absolute Gasteiger partial charge is 0.261 e. The molecule has 0 spiro atoms.